The highest BCUT2D eigenvalue weighted by Gasteiger charge is 2.20. The van der Waals surface area contributed by atoms with Crippen LogP contribution in [0.4, 0.5) is 13.2 Å². The molecule has 2 aromatic rings. The molecule has 20 heavy (non-hydrogen) atoms. The highest BCUT2D eigenvalue weighted by molar-refractivity contribution is 7.99. The van der Waals surface area contributed by atoms with Gasteiger partial charge in [-0.15, -0.1) is 0 Å². The van der Waals surface area contributed by atoms with Gasteiger partial charge in [0.25, 0.3) is 5.91 Å². The molecule has 0 radical (unpaired) electrons. The monoisotopic (exact) mass is 318 g/mol. The quantitative estimate of drug-likeness (QED) is 0.882. The molecule has 0 aliphatic heterocycles. The first-order valence-electron chi connectivity index (χ1n) is 5.17. The minimum absolute atomic E-state index is 0.0397. The van der Waals surface area contributed by atoms with E-state index in [0.29, 0.717) is 18.0 Å². The Balaban J connectivity index is 2.54. The van der Waals surface area contributed by atoms with Gasteiger partial charge in [-0.2, -0.15) is 4.39 Å². The fourth-order valence-corrected chi connectivity index (χ4v) is 2.79. The Morgan fingerprint density at radius 1 is 1.30 bits per heavy atom. The summed E-state index contributed by atoms with van der Waals surface area (Å²) in [5, 5.41) is 0.0397. The molecule has 0 bridgehead atoms. The molecular formula is C12H6ClF3N2OS. The standard InChI is InChI=1S/C12H6ClF3N2OS/c13-5-2-1-3-7(8(5)12(17)19)20-10-6(14)4-18-11(16)9(10)15/h1-4H,(H2,17,19). The number of primary amides is 1. The summed E-state index contributed by atoms with van der Waals surface area (Å²) in [6, 6.07) is 4.28. The van der Waals surface area contributed by atoms with Crippen LogP contribution in [0.1, 0.15) is 10.4 Å². The summed E-state index contributed by atoms with van der Waals surface area (Å²) in [7, 11) is 0. The van der Waals surface area contributed by atoms with Crippen molar-refractivity contribution in [2.24, 2.45) is 5.73 Å². The van der Waals surface area contributed by atoms with E-state index in [1.54, 1.807) is 0 Å². The molecule has 0 fully saturated rings. The minimum Gasteiger partial charge on any atom is -0.366 e. The van der Waals surface area contributed by atoms with Crippen LogP contribution in [0.5, 0.6) is 0 Å². The second-order valence-electron chi connectivity index (χ2n) is 3.62. The Bertz CT molecular complexity index is 697. The minimum atomic E-state index is -1.44. The van der Waals surface area contributed by atoms with Gasteiger partial charge in [-0.1, -0.05) is 29.4 Å². The number of benzene rings is 1. The molecule has 1 aromatic heterocycles. The van der Waals surface area contributed by atoms with Crippen LogP contribution >= 0.6 is 23.4 Å². The van der Waals surface area contributed by atoms with E-state index >= 15 is 0 Å². The van der Waals surface area contributed by atoms with Crippen molar-refractivity contribution in [1.29, 1.82) is 0 Å². The summed E-state index contributed by atoms with van der Waals surface area (Å²) in [6.45, 7) is 0. The Labute approximate surface area is 120 Å². The van der Waals surface area contributed by atoms with Crippen LogP contribution in [0.2, 0.25) is 5.02 Å². The second-order valence-corrected chi connectivity index (χ2v) is 5.08. The summed E-state index contributed by atoms with van der Waals surface area (Å²) in [5.41, 5.74) is 5.08. The van der Waals surface area contributed by atoms with Crippen molar-refractivity contribution in [2.45, 2.75) is 9.79 Å². The molecule has 0 aliphatic rings. The van der Waals surface area contributed by atoms with E-state index in [0.717, 1.165) is 0 Å². The number of hydrogen-bond donors (Lipinski definition) is 1. The lowest BCUT2D eigenvalue weighted by atomic mass is 10.2. The molecule has 8 heteroatoms. The fourth-order valence-electron chi connectivity index (χ4n) is 1.46. The normalized spacial score (nSPS) is 10.6. The smallest absolute Gasteiger partial charge is 0.251 e. The molecule has 0 saturated carbocycles. The number of pyridine rings is 1. The topological polar surface area (TPSA) is 56.0 Å². The number of nitrogens with two attached hydrogens (primary N) is 1. The van der Waals surface area contributed by atoms with Crippen molar-refractivity contribution >= 4 is 29.3 Å². The number of halogens is 4. The van der Waals surface area contributed by atoms with E-state index in [1.807, 2.05) is 0 Å². The number of hydrogen-bond acceptors (Lipinski definition) is 3. The van der Waals surface area contributed by atoms with Crippen LogP contribution in [0.15, 0.2) is 34.2 Å². The Kier molecular flexibility index (Phi) is 4.20. The van der Waals surface area contributed by atoms with E-state index in [2.05, 4.69) is 4.98 Å². The zero-order chi connectivity index (χ0) is 14.9. The molecule has 2 rings (SSSR count). The summed E-state index contributed by atoms with van der Waals surface area (Å²) >= 11 is 6.32. The van der Waals surface area contributed by atoms with Gasteiger partial charge in [-0.05, 0) is 12.1 Å². The zero-order valence-corrected chi connectivity index (χ0v) is 11.2. The number of amides is 1. The number of rotatable bonds is 3. The Hall–Kier alpha value is -1.73. The molecule has 0 aliphatic carbocycles. The maximum atomic E-state index is 13.5. The number of carbonyl (C=O) groups excluding carboxylic acids is 1. The van der Waals surface area contributed by atoms with E-state index in [9.17, 15) is 18.0 Å². The van der Waals surface area contributed by atoms with Crippen molar-refractivity contribution < 1.29 is 18.0 Å². The van der Waals surface area contributed by atoms with Crippen molar-refractivity contribution in [2.75, 3.05) is 0 Å². The van der Waals surface area contributed by atoms with Crippen LogP contribution in [0.3, 0.4) is 0 Å². The fraction of sp³-hybridized carbons (Fsp3) is 0. The van der Waals surface area contributed by atoms with Crippen molar-refractivity contribution in [3.63, 3.8) is 0 Å². The van der Waals surface area contributed by atoms with Gasteiger partial charge in [0.2, 0.25) is 5.95 Å². The van der Waals surface area contributed by atoms with Gasteiger partial charge in [-0.25, -0.2) is 13.8 Å². The largest absolute Gasteiger partial charge is 0.366 e. The Morgan fingerprint density at radius 3 is 2.65 bits per heavy atom. The number of aromatic nitrogens is 1. The van der Waals surface area contributed by atoms with Gasteiger partial charge in [0.05, 0.1) is 21.7 Å². The lowest BCUT2D eigenvalue weighted by Crippen LogP contribution is -2.13. The highest BCUT2D eigenvalue weighted by atomic mass is 35.5. The molecule has 1 amide bonds. The molecular weight excluding hydrogens is 313 g/mol. The number of nitrogens with zero attached hydrogens (tertiary/aromatic N) is 1. The van der Waals surface area contributed by atoms with E-state index < -0.39 is 28.4 Å². The molecule has 3 nitrogen and oxygen atoms in total. The molecule has 0 unspecified atom stereocenters. The first kappa shape index (κ1) is 14.7. The first-order chi connectivity index (χ1) is 9.41. The van der Waals surface area contributed by atoms with Crippen molar-refractivity contribution in [3.05, 3.63) is 52.6 Å². The zero-order valence-electron chi connectivity index (χ0n) is 9.66. The lowest BCUT2D eigenvalue weighted by molar-refractivity contribution is 0.0997. The second kappa shape index (κ2) is 5.72. The predicted molar refractivity (Wildman–Crippen MR) is 68.2 cm³/mol. The van der Waals surface area contributed by atoms with Crippen LogP contribution in [0, 0.1) is 17.6 Å². The maximum absolute atomic E-state index is 13.5. The molecule has 1 aromatic carbocycles. The summed E-state index contributed by atoms with van der Waals surface area (Å²) in [5.74, 6) is -4.78. The van der Waals surface area contributed by atoms with Gasteiger partial charge >= 0.3 is 0 Å². The van der Waals surface area contributed by atoms with E-state index in [4.69, 9.17) is 17.3 Å². The number of carbonyl (C=O) groups is 1. The molecule has 104 valence electrons. The average Bonchev–Trinajstić information content (AvgIpc) is 2.39. The molecule has 0 atom stereocenters. The van der Waals surface area contributed by atoms with Gasteiger partial charge in [-0.3, -0.25) is 4.79 Å². The van der Waals surface area contributed by atoms with E-state index in [-0.39, 0.29) is 15.5 Å². The third kappa shape index (κ3) is 2.73. The third-order valence-electron chi connectivity index (χ3n) is 2.32. The highest BCUT2D eigenvalue weighted by Crippen LogP contribution is 2.36. The predicted octanol–water partition coefficient (Wildman–Crippen LogP) is 3.40. The van der Waals surface area contributed by atoms with Crippen LogP contribution in [-0.4, -0.2) is 10.9 Å². The van der Waals surface area contributed by atoms with Gasteiger partial charge in [0, 0.05) is 4.90 Å². The summed E-state index contributed by atoms with van der Waals surface area (Å²) in [6.07, 6.45) is 0.551. The third-order valence-corrected chi connectivity index (χ3v) is 3.78. The van der Waals surface area contributed by atoms with Crippen LogP contribution in [-0.2, 0) is 0 Å². The van der Waals surface area contributed by atoms with Gasteiger partial charge in [0.15, 0.2) is 11.6 Å². The SMILES string of the molecule is NC(=O)c1c(Cl)cccc1Sc1c(F)cnc(F)c1F. The summed E-state index contributed by atoms with van der Waals surface area (Å²) < 4.78 is 40.1. The summed E-state index contributed by atoms with van der Waals surface area (Å²) in [4.78, 5) is 13.7. The molecule has 0 saturated heterocycles. The van der Waals surface area contributed by atoms with Crippen molar-refractivity contribution in [1.82, 2.24) is 4.98 Å². The maximum Gasteiger partial charge on any atom is 0.251 e. The lowest BCUT2D eigenvalue weighted by Gasteiger charge is -2.09. The van der Waals surface area contributed by atoms with Crippen LogP contribution in [0.25, 0.3) is 0 Å². The first-order valence-corrected chi connectivity index (χ1v) is 6.37. The van der Waals surface area contributed by atoms with Crippen LogP contribution < -0.4 is 5.73 Å². The average molecular weight is 319 g/mol. The molecule has 0 spiro atoms. The molecule has 2 N–H and O–H groups in total. The van der Waals surface area contributed by atoms with E-state index in [1.165, 1.54) is 18.2 Å². The molecule has 1 heterocycles. The van der Waals surface area contributed by atoms with Crippen molar-refractivity contribution in [3.8, 4) is 0 Å². The Morgan fingerprint density at radius 2 is 2.00 bits per heavy atom. The van der Waals surface area contributed by atoms with Gasteiger partial charge < -0.3 is 5.73 Å². The van der Waals surface area contributed by atoms with Gasteiger partial charge in [0.1, 0.15) is 0 Å².